The second kappa shape index (κ2) is 7.26. The molecule has 2 N–H and O–H groups in total. The number of nitrogen functional groups attached to an aromatic ring is 1. The van der Waals surface area contributed by atoms with E-state index in [1.165, 1.54) is 16.9 Å². The van der Waals surface area contributed by atoms with Gasteiger partial charge >= 0.3 is 0 Å². The van der Waals surface area contributed by atoms with Gasteiger partial charge in [-0.05, 0) is 36.8 Å². The third-order valence-electron chi connectivity index (χ3n) is 5.20. The Morgan fingerprint density at radius 3 is 2.56 bits per heavy atom. The number of fused-ring (bicyclic) bond motifs is 1. The second-order valence-electron chi connectivity index (χ2n) is 6.90. The highest BCUT2D eigenvalue weighted by atomic mass is 32.1. The van der Waals surface area contributed by atoms with Gasteiger partial charge in [-0.2, -0.15) is 10.5 Å². The molecule has 6 heteroatoms. The van der Waals surface area contributed by atoms with Crippen molar-refractivity contribution < 1.29 is 0 Å². The molecule has 27 heavy (non-hydrogen) atoms. The molecule has 3 aromatic rings. The Labute approximate surface area is 162 Å². The summed E-state index contributed by atoms with van der Waals surface area (Å²) in [6, 6.07) is 16.7. The number of rotatable bonds is 3. The van der Waals surface area contributed by atoms with E-state index in [9.17, 15) is 10.5 Å². The summed E-state index contributed by atoms with van der Waals surface area (Å²) >= 11 is 1.29. The summed E-state index contributed by atoms with van der Waals surface area (Å²) in [6.07, 6.45) is 3.25. The van der Waals surface area contributed by atoms with Crippen molar-refractivity contribution in [2.45, 2.75) is 19.3 Å². The first-order valence-electron chi connectivity index (χ1n) is 9.01. The van der Waals surface area contributed by atoms with Crippen LogP contribution in [-0.2, 0) is 6.42 Å². The standard InChI is InChI=1S/C21H19N5S/c22-12-16-11-17-19(24)18(13-23)27-21(17)25-20(16)26-8-6-15(7-9-26)10-14-4-2-1-3-5-14/h1-5,11,15H,6-10,24H2. The summed E-state index contributed by atoms with van der Waals surface area (Å²) in [5.74, 6) is 1.37. The van der Waals surface area contributed by atoms with E-state index in [1.807, 2.05) is 6.07 Å². The van der Waals surface area contributed by atoms with Crippen molar-refractivity contribution in [3.63, 3.8) is 0 Å². The van der Waals surface area contributed by atoms with Crippen LogP contribution in [0.3, 0.4) is 0 Å². The molecule has 1 aromatic carbocycles. The normalized spacial score (nSPS) is 14.8. The number of anilines is 2. The quantitative estimate of drug-likeness (QED) is 0.747. The smallest absolute Gasteiger partial charge is 0.148 e. The third kappa shape index (κ3) is 3.32. The van der Waals surface area contributed by atoms with Crippen molar-refractivity contribution in [1.29, 1.82) is 10.5 Å². The van der Waals surface area contributed by atoms with Crippen LogP contribution in [-0.4, -0.2) is 18.1 Å². The van der Waals surface area contributed by atoms with E-state index in [0.29, 0.717) is 33.2 Å². The van der Waals surface area contributed by atoms with Gasteiger partial charge in [-0.15, -0.1) is 11.3 Å². The number of thiophene rings is 1. The Morgan fingerprint density at radius 1 is 1.15 bits per heavy atom. The van der Waals surface area contributed by atoms with Crippen molar-refractivity contribution in [3.8, 4) is 12.1 Å². The van der Waals surface area contributed by atoms with Crippen LogP contribution in [0, 0.1) is 28.6 Å². The predicted molar refractivity (Wildman–Crippen MR) is 109 cm³/mol. The van der Waals surface area contributed by atoms with Gasteiger partial charge in [0, 0.05) is 18.5 Å². The van der Waals surface area contributed by atoms with Crippen molar-refractivity contribution in [2.75, 3.05) is 23.7 Å². The van der Waals surface area contributed by atoms with Gasteiger partial charge in [0.15, 0.2) is 0 Å². The van der Waals surface area contributed by atoms with E-state index in [0.717, 1.165) is 37.2 Å². The number of nitrogens with zero attached hydrogens (tertiary/aromatic N) is 4. The fourth-order valence-electron chi connectivity index (χ4n) is 3.73. The molecule has 0 aliphatic carbocycles. The Hall–Kier alpha value is -3.09. The zero-order valence-corrected chi connectivity index (χ0v) is 15.7. The largest absolute Gasteiger partial charge is 0.396 e. The zero-order chi connectivity index (χ0) is 18.8. The molecule has 0 unspecified atom stereocenters. The van der Waals surface area contributed by atoms with Gasteiger partial charge in [0.05, 0.1) is 11.3 Å². The summed E-state index contributed by atoms with van der Waals surface area (Å²) in [5, 5.41) is 19.5. The summed E-state index contributed by atoms with van der Waals surface area (Å²) in [5.41, 5.74) is 8.35. The lowest BCUT2D eigenvalue weighted by Gasteiger charge is -2.33. The highest BCUT2D eigenvalue weighted by molar-refractivity contribution is 7.19. The molecule has 0 amide bonds. The molecule has 1 aliphatic rings. The minimum atomic E-state index is 0.426. The number of piperidine rings is 1. The maximum Gasteiger partial charge on any atom is 0.148 e. The Morgan fingerprint density at radius 2 is 1.89 bits per heavy atom. The molecular weight excluding hydrogens is 354 g/mol. The van der Waals surface area contributed by atoms with Crippen molar-refractivity contribution in [2.24, 2.45) is 5.92 Å². The topological polar surface area (TPSA) is 89.7 Å². The summed E-state index contributed by atoms with van der Waals surface area (Å²) in [4.78, 5) is 8.08. The molecule has 1 aliphatic heterocycles. The molecule has 134 valence electrons. The molecule has 1 fully saturated rings. The minimum Gasteiger partial charge on any atom is -0.396 e. The SMILES string of the molecule is N#Cc1cc2c(N)c(C#N)sc2nc1N1CCC(Cc2ccccc2)CC1. The molecule has 0 bridgehead atoms. The van der Waals surface area contributed by atoms with Gasteiger partial charge in [-0.1, -0.05) is 30.3 Å². The van der Waals surface area contributed by atoms with E-state index < -0.39 is 0 Å². The molecular formula is C21H19N5S. The maximum absolute atomic E-state index is 9.59. The number of hydrogen-bond donors (Lipinski definition) is 1. The van der Waals surface area contributed by atoms with Crippen molar-refractivity contribution in [1.82, 2.24) is 4.98 Å². The lowest BCUT2D eigenvalue weighted by molar-refractivity contribution is 0.402. The second-order valence-corrected chi connectivity index (χ2v) is 7.90. The molecule has 3 heterocycles. The lowest BCUT2D eigenvalue weighted by Crippen LogP contribution is -2.35. The van der Waals surface area contributed by atoms with Crippen LogP contribution >= 0.6 is 11.3 Å². The first kappa shape index (κ1) is 17.3. The maximum atomic E-state index is 9.59. The average molecular weight is 373 g/mol. The number of aromatic nitrogens is 1. The lowest BCUT2D eigenvalue weighted by atomic mass is 9.90. The highest BCUT2D eigenvalue weighted by Crippen LogP contribution is 2.36. The molecule has 5 nitrogen and oxygen atoms in total. The first-order chi connectivity index (χ1) is 13.2. The van der Waals surface area contributed by atoms with Crippen LogP contribution in [0.25, 0.3) is 10.2 Å². The summed E-state index contributed by atoms with van der Waals surface area (Å²) < 4.78 is 0. The van der Waals surface area contributed by atoms with Crippen LogP contribution in [0.4, 0.5) is 11.5 Å². The number of nitrogens with two attached hydrogens (primary N) is 1. The van der Waals surface area contributed by atoms with E-state index in [-0.39, 0.29) is 0 Å². The van der Waals surface area contributed by atoms with E-state index in [4.69, 9.17) is 10.7 Å². The molecule has 0 radical (unpaired) electrons. The Kier molecular flexibility index (Phi) is 4.66. The zero-order valence-electron chi connectivity index (χ0n) is 14.9. The fourth-order valence-corrected chi connectivity index (χ4v) is 4.60. The molecule has 0 atom stereocenters. The molecule has 4 rings (SSSR count). The van der Waals surface area contributed by atoms with Crippen LogP contribution in [0.2, 0.25) is 0 Å². The van der Waals surface area contributed by atoms with Gasteiger partial charge in [0.25, 0.3) is 0 Å². The van der Waals surface area contributed by atoms with Gasteiger partial charge in [0.1, 0.15) is 27.7 Å². The first-order valence-corrected chi connectivity index (χ1v) is 9.83. The van der Waals surface area contributed by atoms with Crippen molar-refractivity contribution >= 4 is 33.1 Å². The van der Waals surface area contributed by atoms with Crippen molar-refractivity contribution in [3.05, 3.63) is 52.4 Å². The van der Waals surface area contributed by atoms with E-state index in [2.05, 4.69) is 41.3 Å². The molecule has 0 spiro atoms. The van der Waals surface area contributed by atoms with E-state index >= 15 is 0 Å². The van der Waals surface area contributed by atoms with E-state index in [1.54, 1.807) is 6.07 Å². The number of benzene rings is 1. The third-order valence-corrected chi connectivity index (χ3v) is 6.22. The Bertz CT molecular complexity index is 1050. The number of hydrogen-bond acceptors (Lipinski definition) is 6. The number of pyridine rings is 1. The monoisotopic (exact) mass is 373 g/mol. The van der Waals surface area contributed by atoms with Gasteiger partial charge in [0.2, 0.25) is 0 Å². The van der Waals surface area contributed by atoms with Gasteiger partial charge in [-0.25, -0.2) is 4.98 Å². The predicted octanol–water partition coefficient (Wildman–Crippen LogP) is 4.08. The molecule has 0 saturated carbocycles. The highest BCUT2D eigenvalue weighted by Gasteiger charge is 2.24. The molecule has 1 saturated heterocycles. The molecule has 2 aromatic heterocycles. The van der Waals surface area contributed by atoms with Gasteiger partial charge in [-0.3, -0.25) is 0 Å². The van der Waals surface area contributed by atoms with Crippen LogP contribution < -0.4 is 10.6 Å². The minimum absolute atomic E-state index is 0.426. The summed E-state index contributed by atoms with van der Waals surface area (Å²) in [7, 11) is 0. The van der Waals surface area contributed by atoms with Crippen LogP contribution in [0.15, 0.2) is 36.4 Å². The average Bonchev–Trinajstić information content (AvgIpc) is 3.03. The Balaban J connectivity index is 1.55. The van der Waals surface area contributed by atoms with Crippen LogP contribution in [0.1, 0.15) is 28.8 Å². The summed E-state index contributed by atoms with van der Waals surface area (Å²) in [6.45, 7) is 1.77. The van der Waals surface area contributed by atoms with Crippen LogP contribution in [0.5, 0.6) is 0 Å². The van der Waals surface area contributed by atoms with Gasteiger partial charge < -0.3 is 10.6 Å². The fraction of sp³-hybridized carbons (Fsp3) is 0.286. The number of nitriles is 2.